The Morgan fingerprint density at radius 2 is 2.05 bits per heavy atom. The molecule has 1 aromatic heterocycles. The number of alkyl halides is 2. The summed E-state index contributed by atoms with van der Waals surface area (Å²) in [7, 11) is 0. The van der Waals surface area contributed by atoms with Crippen LogP contribution in [0.25, 0.3) is 10.1 Å². The molecule has 0 amide bonds. The van der Waals surface area contributed by atoms with Crippen LogP contribution >= 0.6 is 11.3 Å². The maximum Gasteiger partial charge on any atom is 0.249 e. The molecule has 104 valence electrons. The molecule has 1 aromatic carbocycles. The molecular formula is C15H19F2NS. The Morgan fingerprint density at radius 1 is 1.32 bits per heavy atom. The van der Waals surface area contributed by atoms with Crippen molar-refractivity contribution in [3.05, 3.63) is 35.2 Å². The average Bonchev–Trinajstić information content (AvgIpc) is 2.84. The van der Waals surface area contributed by atoms with Gasteiger partial charge in [-0.25, -0.2) is 8.78 Å². The van der Waals surface area contributed by atoms with E-state index in [1.54, 1.807) is 18.3 Å². The number of hydrogen-bond donors (Lipinski definition) is 1. The summed E-state index contributed by atoms with van der Waals surface area (Å²) in [4.78, 5) is 0. The molecule has 0 saturated carbocycles. The molecule has 4 heteroatoms. The number of halogens is 2. The van der Waals surface area contributed by atoms with Gasteiger partial charge in [-0.15, -0.1) is 11.3 Å². The highest BCUT2D eigenvalue weighted by Gasteiger charge is 2.41. The van der Waals surface area contributed by atoms with Gasteiger partial charge in [0, 0.05) is 10.7 Å². The van der Waals surface area contributed by atoms with Gasteiger partial charge in [-0.1, -0.05) is 13.0 Å². The van der Waals surface area contributed by atoms with E-state index in [1.165, 1.54) is 0 Å². The molecule has 1 N–H and O–H groups in total. The van der Waals surface area contributed by atoms with Gasteiger partial charge in [0.2, 0.25) is 6.43 Å². The summed E-state index contributed by atoms with van der Waals surface area (Å²) in [5.74, 6) is 0. The number of likely N-dealkylation sites (N-methyl/N-ethyl adjacent to an activating group) is 1. The molecule has 2 atom stereocenters. The van der Waals surface area contributed by atoms with Crippen LogP contribution < -0.4 is 5.32 Å². The van der Waals surface area contributed by atoms with E-state index in [9.17, 15) is 8.78 Å². The third-order valence-electron chi connectivity index (χ3n) is 3.94. The SMILES string of the molecule is CCNC(C)C(C)(c1ccc2sccc2c1)C(F)F. The first-order chi connectivity index (χ1) is 9.00. The summed E-state index contributed by atoms with van der Waals surface area (Å²) in [5.41, 5.74) is -0.478. The molecule has 1 heterocycles. The van der Waals surface area contributed by atoms with E-state index in [0.717, 1.165) is 10.1 Å². The van der Waals surface area contributed by atoms with Crippen LogP contribution in [-0.2, 0) is 5.41 Å². The monoisotopic (exact) mass is 283 g/mol. The summed E-state index contributed by atoms with van der Waals surface area (Å²) in [5, 5.41) is 6.16. The van der Waals surface area contributed by atoms with E-state index >= 15 is 0 Å². The zero-order valence-corrected chi connectivity index (χ0v) is 12.2. The van der Waals surface area contributed by atoms with Crippen molar-refractivity contribution < 1.29 is 8.78 Å². The van der Waals surface area contributed by atoms with Crippen molar-refractivity contribution >= 4 is 21.4 Å². The van der Waals surface area contributed by atoms with Gasteiger partial charge in [-0.05, 0) is 54.9 Å². The molecule has 2 unspecified atom stereocenters. The lowest BCUT2D eigenvalue weighted by molar-refractivity contribution is 0.0395. The molecule has 0 saturated heterocycles. The Morgan fingerprint density at radius 3 is 2.68 bits per heavy atom. The van der Waals surface area contributed by atoms with E-state index in [1.807, 2.05) is 43.5 Å². The van der Waals surface area contributed by atoms with Crippen LogP contribution in [0.3, 0.4) is 0 Å². The quantitative estimate of drug-likeness (QED) is 0.856. The maximum absolute atomic E-state index is 13.6. The molecule has 2 aromatic rings. The molecule has 19 heavy (non-hydrogen) atoms. The average molecular weight is 283 g/mol. The van der Waals surface area contributed by atoms with E-state index in [2.05, 4.69) is 5.32 Å². The van der Waals surface area contributed by atoms with Crippen LogP contribution in [0.4, 0.5) is 8.78 Å². The lowest BCUT2D eigenvalue weighted by atomic mass is 9.76. The lowest BCUT2D eigenvalue weighted by Crippen LogP contribution is -2.49. The van der Waals surface area contributed by atoms with Crippen LogP contribution in [0.2, 0.25) is 0 Å². The highest BCUT2D eigenvalue weighted by atomic mass is 32.1. The number of fused-ring (bicyclic) bond motifs is 1. The number of thiophene rings is 1. The van der Waals surface area contributed by atoms with Crippen molar-refractivity contribution in [1.82, 2.24) is 5.32 Å². The fraction of sp³-hybridized carbons (Fsp3) is 0.467. The predicted octanol–water partition coefficient (Wildman–Crippen LogP) is 4.42. The van der Waals surface area contributed by atoms with Crippen LogP contribution in [0.1, 0.15) is 26.3 Å². The molecule has 0 spiro atoms. The number of hydrogen-bond acceptors (Lipinski definition) is 2. The fourth-order valence-electron chi connectivity index (χ4n) is 2.38. The third kappa shape index (κ3) is 2.51. The van der Waals surface area contributed by atoms with Crippen LogP contribution in [0.15, 0.2) is 29.6 Å². The minimum absolute atomic E-state index is 0.284. The van der Waals surface area contributed by atoms with Crippen molar-refractivity contribution in [2.24, 2.45) is 0 Å². The first-order valence-electron chi connectivity index (χ1n) is 6.49. The molecule has 0 aliphatic heterocycles. The first kappa shape index (κ1) is 14.4. The minimum atomic E-state index is -2.40. The minimum Gasteiger partial charge on any atom is -0.313 e. The topological polar surface area (TPSA) is 12.0 Å². The van der Waals surface area contributed by atoms with Crippen molar-refractivity contribution in [3.63, 3.8) is 0 Å². The highest BCUT2D eigenvalue weighted by Crippen LogP contribution is 2.36. The Labute approximate surface area is 116 Å². The summed E-state index contributed by atoms with van der Waals surface area (Å²) >= 11 is 1.63. The van der Waals surface area contributed by atoms with Gasteiger partial charge in [-0.2, -0.15) is 0 Å². The van der Waals surface area contributed by atoms with Gasteiger partial charge in [-0.3, -0.25) is 0 Å². The molecule has 0 aliphatic carbocycles. The normalized spacial score (nSPS) is 16.7. The molecule has 0 aliphatic rings. The molecule has 0 radical (unpaired) electrons. The predicted molar refractivity (Wildman–Crippen MR) is 78.3 cm³/mol. The Hall–Kier alpha value is -1.00. The van der Waals surface area contributed by atoms with Crippen LogP contribution in [0.5, 0.6) is 0 Å². The van der Waals surface area contributed by atoms with E-state index < -0.39 is 11.8 Å². The van der Waals surface area contributed by atoms with Gasteiger partial charge in [0.1, 0.15) is 0 Å². The Balaban J connectivity index is 2.47. The summed E-state index contributed by atoms with van der Waals surface area (Å²) < 4.78 is 28.4. The first-order valence-corrected chi connectivity index (χ1v) is 7.37. The van der Waals surface area contributed by atoms with Crippen LogP contribution in [-0.4, -0.2) is 19.0 Å². The van der Waals surface area contributed by atoms with Gasteiger partial charge in [0.05, 0.1) is 5.41 Å². The molecular weight excluding hydrogens is 264 g/mol. The molecule has 2 rings (SSSR count). The third-order valence-corrected chi connectivity index (χ3v) is 4.84. The van der Waals surface area contributed by atoms with Crippen molar-refractivity contribution in [2.75, 3.05) is 6.54 Å². The second-order valence-electron chi connectivity index (χ2n) is 5.04. The highest BCUT2D eigenvalue weighted by molar-refractivity contribution is 7.17. The summed E-state index contributed by atoms with van der Waals surface area (Å²) in [6, 6.07) is 7.36. The van der Waals surface area contributed by atoms with E-state index in [0.29, 0.717) is 12.1 Å². The van der Waals surface area contributed by atoms with Gasteiger partial charge in [0.15, 0.2) is 0 Å². The van der Waals surface area contributed by atoms with E-state index in [4.69, 9.17) is 0 Å². The Bertz CT molecular complexity index is 552. The summed E-state index contributed by atoms with van der Waals surface area (Å²) in [6.07, 6.45) is -2.40. The van der Waals surface area contributed by atoms with Crippen molar-refractivity contribution in [1.29, 1.82) is 0 Å². The van der Waals surface area contributed by atoms with Gasteiger partial charge >= 0.3 is 0 Å². The standard InChI is InChI=1S/C15H19F2NS/c1-4-18-10(2)15(3,14(16)17)12-5-6-13-11(9-12)7-8-19-13/h5-10,14,18H,4H2,1-3H3. The number of nitrogens with one attached hydrogen (secondary N) is 1. The number of rotatable bonds is 5. The fourth-order valence-corrected chi connectivity index (χ4v) is 3.16. The van der Waals surface area contributed by atoms with Crippen molar-refractivity contribution in [3.8, 4) is 0 Å². The lowest BCUT2D eigenvalue weighted by Gasteiger charge is -2.36. The maximum atomic E-state index is 13.6. The second kappa shape index (κ2) is 5.55. The smallest absolute Gasteiger partial charge is 0.249 e. The number of benzene rings is 1. The summed E-state index contributed by atoms with van der Waals surface area (Å²) in [6.45, 7) is 6.08. The molecule has 1 nitrogen and oxygen atoms in total. The van der Waals surface area contributed by atoms with Crippen molar-refractivity contribution in [2.45, 2.75) is 38.7 Å². The van der Waals surface area contributed by atoms with Gasteiger partial charge in [0.25, 0.3) is 0 Å². The molecule has 0 fully saturated rings. The zero-order chi connectivity index (χ0) is 14.0. The second-order valence-corrected chi connectivity index (χ2v) is 5.98. The Kier molecular flexibility index (Phi) is 4.21. The van der Waals surface area contributed by atoms with E-state index in [-0.39, 0.29) is 6.04 Å². The molecule has 0 bridgehead atoms. The zero-order valence-electron chi connectivity index (χ0n) is 11.4. The largest absolute Gasteiger partial charge is 0.313 e. The van der Waals surface area contributed by atoms with Gasteiger partial charge < -0.3 is 5.32 Å². The van der Waals surface area contributed by atoms with Crippen LogP contribution in [0, 0.1) is 0 Å².